The van der Waals surface area contributed by atoms with Crippen LogP contribution in [0, 0.1) is 6.92 Å². The predicted molar refractivity (Wildman–Crippen MR) is 196 cm³/mol. The van der Waals surface area contributed by atoms with Crippen molar-refractivity contribution in [1.82, 2.24) is 34.8 Å². The van der Waals surface area contributed by atoms with Crippen molar-refractivity contribution in [3.63, 3.8) is 0 Å². The van der Waals surface area contributed by atoms with Crippen LogP contribution in [0.5, 0.6) is 17.2 Å². The SMILES string of the molecule is Cc1cc(Nc2ncnc3cccc(OC4CCN(c5ccc6c(c5)C(=O)N(C5CCC(=O)NC5=O)C6=O)CC4)c23)ccc1Oc1ccn2ncnc2c1. The van der Waals surface area contributed by atoms with E-state index >= 15 is 0 Å². The summed E-state index contributed by atoms with van der Waals surface area (Å²) in [6.07, 6.45) is 6.35. The van der Waals surface area contributed by atoms with Gasteiger partial charge >= 0.3 is 0 Å². The minimum atomic E-state index is -1.00. The number of fused-ring (bicyclic) bond motifs is 3. The second-order valence-electron chi connectivity index (χ2n) is 13.5. The molecule has 54 heavy (non-hydrogen) atoms. The van der Waals surface area contributed by atoms with Gasteiger partial charge in [0, 0.05) is 56.0 Å². The van der Waals surface area contributed by atoms with Gasteiger partial charge in [0.2, 0.25) is 11.8 Å². The Labute approximate surface area is 307 Å². The topological polar surface area (TPSA) is 173 Å². The quantitative estimate of drug-likeness (QED) is 0.202. The highest BCUT2D eigenvalue weighted by Gasteiger charge is 2.44. The summed E-state index contributed by atoms with van der Waals surface area (Å²) >= 11 is 0. The van der Waals surface area contributed by atoms with Gasteiger partial charge in [0.25, 0.3) is 11.8 Å². The molecular weight excluding hydrogens is 690 g/mol. The van der Waals surface area contributed by atoms with Gasteiger partial charge in [0.15, 0.2) is 5.65 Å². The number of hydrogen-bond acceptors (Lipinski definition) is 12. The van der Waals surface area contributed by atoms with Crippen LogP contribution < -0.4 is 25.0 Å². The van der Waals surface area contributed by atoms with Gasteiger partial charge in [-0.3, -0.25) is 29.4 Å². The van der Waals surface area contributed by atoms with Crippen LogP contribution in [0.4, 0.5) is 17.2 Å². The minimum Gasteiger partial charge on any atom is -0.489 e. The maximum Gasteiger partial charge on any atom is 0.262 e. The number of anilines is 3. The number of imide groups is 2. The summed E-state index contributed by atoms with van der Waals surface area (Å²) in [6.45, 7) is 3.30. The van der Waals surface area contributed by atoms with Gasteiger partial charge in [0.05, 0.1) is 22.0 Å². The standard InChI is InChI=1S/C39H33N9O6/c1-22-17-23(5-9-31(22)54-26-13-16-47-33(19-26)41-21-43-47)44-36-35-29(40-20-42-36)3-2-4-32(35)53-25-11-14-46(15-12-25)24-6-7-27-28(18-24)39(52)48(38(27)51)30-8-10-34(49)45-37(30)50/h2-7,9,13,16-21,25,30H,8,10-12,14-15H2,1H3,(H,40,42,44)(H,45,49,50). The van der Waals surface area contributed by atoms with Gasteiger partial charge in [-0.25, -0.2) is 19.5 Å². The molecule has 270 valence electrons. The number of amides is 4. The normalized spacial score (nSPS) is 17.6. The number of ether oxygens (including phenoxy) is 2. The van der Waals surface area contributed by atoms with Crippen molar-refractivity contribution >= 4 is 57.4 Å². The maximum atomic E-state index is 13.4. The van der Waals surface area contributed by atoms with Crippen molar-refractivity contribution in [3.05, 3.63) is 102 Å². The molecule has 2 fully saturated rings. The van der Waals surface area contributed by atoms with Crippen LogP contribution in [0.3, 0.4) is 0 Å². The van der Waals surface area contributed by atoms with E-state index in [1.807, 2.05) is 61.5 Å². The summed E-state index contributed by atoms with van der Waals surface area (Å²) in [5, 5.41) is 10.6. The van der Waals surface area contributed by atoms with Crippen LogP contribution in [0.25, 0.3) is 16.6 Å². The van der Waals surface area contributed by atoms with Crippen molar-refractivity contribution in [2.24, 2.45) is 0 Å². The molecule has 3 aliphatic rings. The molecule has 2 N–H and O–H groups in total. The highest BCUT2D eigenvalue weighted by molar-refractivity contribution is 6.23. The molecule has 0 saturated carbocycles. The Morgan fingerprint density at radius 3 is 2.52 bits per heavy atom. The van der Waals surface area contributed by atoms with Crippen LogP contribution >= 0.6 is 0 Å². The fourth-order valence-corrected chi connectivity index (χ4v) is 7.30. The summed E-state index contributed by atoms with van der Waals surface area (Å²) < 4.78 is 14.4. The van der Waals surface area contributed by atoms with E-state index in [0.29, 0.717) is 54.6 Å². The van der Waals surface area contributed by atoms with E-state index in [9.17, 15) is 19.2 Å². The molecule has 0 bridgehead atoms. The zero-order valence-electron chi connectivity index (χ0n) is 29.1. The molecule has 15 nitrogen and oxygen atoms in total. The number of piperidine rings is 2. The molecule has 3 aromatic carbocycles. The fourth-order valence-electron chi connectivity index (χ4n) is 7.30. The van der Waals surface area contributed by atoms with Gasteiger partial charge in [-0.2, -0.15) is 5.10 Å². The molecule has 15 heteroatoms. The van der Waals surface area contributed by atoms with Crippen LogP contribution in [-0.2, 0) is 9.59 Å². The Kier molecular flexibility index (Phi) is 8.09. The number of carbonyl (C=O) groups is 4. The van der Waals surface area contributed by atoms with Crippen LogP contribution in [0.2, 0.25) is 0 Å². The number of benzene rings is 3. The van der Waals surface area contributed by atoms with E-state index in [1.54, 1.807) is 22.8 Å². The number of aryl methyl sites for hydroxylation is 1. The third-order valence-corrected chi connectivity index (χ3v) is 10.1. The van der Waals surface area contributed by atoms with Crippen molar-refractivity contribution in [2.45, 2.75) is 44.8 Å². The van der Waals surface area contributed by atoms with Crippen LogP contribution in [0.15, 0.2) is 85.6 Å². The molecule has 0 radical (unpaired) electrons. The summed E-state index contributed by atoms with van der Waals surface area (Å²) in [7, 11) is 0. The van der Waals surface area contributed by atoms with E-state index in [-0.39, 0.29) is 30.1 Å². The van der Waals surface area contributed by atoms with Gasteiger partial charge in [0.1, 0.15) is 47.9 Å². The first-order valence-electron chi connectivity index (χ1n) is 17.6. The zero-order valence-corrected chi connectivity index (χ0v) is 29.1. The lowest BCUT2D eigenvalue weighted by Crippen LogP contribution is -2.54. The second-order valence-corrected chi connectivity index (χ2v) is 13.5. The van der Waals surface area contributed by atoms with Crippen molar-refractivity contribution in [1.29, 1.82) is 0 Å². The Morgan fingerprint density at radius 1 is 0.833 bits per heavy atom. The number of nitrogens with zero attached hydrogens (tertiary/aromatic N) is 7. The molecule has 3 aromatic heterocycles. The molecule has 6 aromatic rings. The molecular formula is C39H33N9O6. The second kappa shape index (κ2) is 13.3. The molecule has 9 rings (SSSR count). The largest absolute Gasteiger partial charge is 0.489 e. The van der Waals surface area contributed by atoms with Crippen molar-refractivity contribution < 1.29 is 28.7 Å². The molecule has 0 aliphatic carbocycles. The van der Waals surface area contributed by atoms with E-state index in [4.69, 9.17) is 9.47 Å². The van der Waals surface area contributed by atoms with E-state index < -0.39 is 29.7 Å². The molecule has 6 heterocycles. The number of carbonyl (C=O) groups excluding carboxylic acids is 4. The molecule has 1 atom stereocenters. The highest BCUT2D eigenvalue weighted by atomic mass is 16.5. The Hall–Kier alpha value is -6.90. The minimum absolute atomic E-state index is 0.0735. The Morgan fingerprint density at radius 2 is 1.69 bits per heavy atom. The van der Waals surface area contributed by atoms with E-state index in [1.165, 1.54) is 12.7 Å². The predicted octanol–water partition coefficient (Wildman–Crippen LogP) is 4.97. The van der Waals surface area contributed by atoms with Gasteiger partial charge in [-0.1, -0.05) is 6.07 Å². The molecule has 1 unspecified atom stereocenters. The first-order valence-corrected chi connectivity index (χ1v) is 17.6. The van der Waals surface area contributed by atoms with E-state index in [0.717, 1.165) is 32.7 Å². The smallest absolute Gasteiger partial charge is 0.262 e. The van der Waals surface area contributed by atoms with Crippen molar-refractivity contribution in [2.75, 3.05) is 23.3 Å². The average molecular weight is 724 g/mol. The van der Waals surface area contributed by atoms with E-state index in [2.05, 4.69) is 35.6 Å². The maximum absolute atomic E-state index is 13.4. The fraction of sp³-hybridized carbons (Fsp3) is 0.231. The third kappa shape index (κ3) is 5.98. The zero-order chi connectivity index (χ0) is 36.9. The first-order chi connectivity index (χ1) is 26.3. The Balaban J connectivity index is 0.875. The molecule has 2 saturated heterocycles. The summed E-state index contributed by atoms with van der Waals surface area (Å²) in [4.78, 5) is 67.1. The number of aromatic nitrogens is 5. The van der Waals surface area contributed by atoms with Gasteiger partial charge < -0.3 is 19.7 Å². The molecule has 0 spiro atoms. The average Bonchev–Trinajstić information content (AvgIpc) is 3.74. The molecule has 3 aliphatic heterocycles. The third-order valence-electron chi connectivity index (χ3n) is 10.1. The number of rotatable bonds is 8. The van der Waals surface area contributed by atoms with Crippen LogP contribution in [-0.4, -0.2) is 78.3 Å². The van der Waals surface area contributed by atoms with Crippen LogP contribution in [0.1, 0.15) is 52.0 Å². The summed E-state index contributed by atoms with van der Waals surface area (Å²) in [5.41, 5.74) is 4.52. The number of nitrogens with one attached hydrogen (secondary N) is 2. The lowest BCUT2D eigenvalue weighted by atomic mass is 10.0. The first kappa shape index (κ1) is 33.0. The number of hydrogen-bond donors (Lipinski definition) is 2. The van der Waals surface area contributed by atoms with Crippen molar-refractivity contribution in [3.8, 4) is 17.2 Å². The lowest BCUT2D eigenvalue weighted by molar-refractivity contribution is -0.136. The monoisotopic (exact) mass is 723 g/mol. The lowest BCUT2D eigenvalue weighted by Gasteiger charge is -2.34. The summed E-state index contributed by atoms with van der Waals surface area (Å²) in [5.74, 6) is 0.580. The Bertz CT molecular complexity index is 2510. The molecule has 4 amide bonds. The van der Waals surface area contributed by atoms with Gasteiger partial charge in [-0.05, 0) is 73.5 Å². The summed E-state index contributed by atoms with van der Waals surface area (Å²) in [6, 6.07) is 19.5. The number of pyridine rings is 1. The highest BCUT2D eigenvalue weighted by Crippen LogP contribution is 2.36. The van der Waals surface area contributed by atoms with Gasteiger partial charge in [-0.15, -0.1) is 0 Å².